The van der Waals surface area contributed by atoms with Gasteiger partial charge >= 0.3 is 0 Å². The van der Waals surface area contributed by atoms with E-state index in [9.17, 15) is 18.0 Å². The Labute approximate surface area is 199 Å². The Kier molecular flexibility index (Phi) is 7.63. The van der Waals surface area contributed by atoms with Crippen molar-refractivity contribution in [3.63, 3.8) is 0 Å². The van der Waals surface area contributed by atoms with E-state index in [-0.39, 0.29) is 17.7 Å². The number of fused-ring (bicyclic) bond motifs is 1. The first-order valence-corrected chi connectivity index (χ1v) is 12.6. The highest BCUT2D eigenvalue weighted by atomic mass is 32.2. The molecule has 0 saturated heterocycles. The minimum atomic E-state index is -3.58. The maximum Gasteiger partial charge on any atom is 0.264 e. The van der Waals surface area contributed by atoms with Crippen LogP contribution in [0.25, 0.3) is 0 Å². The van der Waals surface area contributed by atoms with E-state index >= 15 is 0 Å². The quantitative estimate of drug-likeness (QED) is 0.481. The zero-order valence-electron chi connectivity index (χ0n) is 19.6. The van der Waals surface area contributed by atoms with Gasteiger partial charge in [0.15, 0.2) is 11.5 Å². The highest BCUT2D eigenvalue weighted by Gasteiger charge is 2.43. The molecule has 1 aliphatic rings. The molecule has 0 radical (unpaired) electrons. The van der Waals surface area contributed by atoms with Gasteiger partial charge in [0.1, 0.15) is 9.84 Å². The highest BCUT2D eigenvalue weighted by Crippen LogP contribution is 2.38. The lowest BCUT2D eigenvalue weighted by Crippen LogP contribution is -2.37. The van der Waals surface area contributed by atoms with Crippen LogP contribution >= 0.6 is 0 Å². The van der Waals surface area contributed by atoms with Crippen molar-refractivity contribution in [3.05, 3.63) is 65.4 Å². The SMILES string of the molecule is C=C(COC)Nc1cccc2c1C(=O)N(C(CS(C)(=O)=O)c1ccc(OC)c(OCC)c1)C2=O. The van der Waals surface area contributed by atoms with E-state index in [1.807, 2.05) is 0 Å². The third kappa shape index (κ3) is 5.23. The van der Waals surface area contributed by atoms with E-state index in [0.717, 1.165) is 11.2 Å². The van der Waals surface area contributed by atoms with Gasteiger partial charge in [0.2, 0.25) is 0 Å². The first-order valence-electron chi connectivity index (χ1n) is 10.5. The molecule has 34 heavy (non-hydrogen) atoms. The number of benzene rings is 2. The lowest BCUT2D eigenvalue weighted by molar-refractivity contribution is 0.0597. The second-order valence-corrected chi connectivity index (χ2v) is 10.0. The monoisotopic (exact) mass is 488 g/mol. The highest BCUT2D eigenvalue weighted by molar-refractivity contribution is 7.90. The van der Waals surface area contributed by atoms with Gasteiger partial charge in [-0.3, -0.25) is 14.5 Å². The largest absolute Gasteiger partial charge is 0.493 e. The molecule has 2 amide bonds. The van der Waals surface area contributed by atoms with Crippen LogP contribution in [-0.4, -0.2) is 64.6 Å². The molecule has 2 aromatic carbocycles. The predicted octanol–water partition coefficient (Wildman–Crippen LogP) is 3.05. The number of carbonyl (C=O) groups is 2. The van der Waals surface area contributed by atoms with E-state index in [2.05, 4.69) is 11.9 Å². The van der Waals surface area contributed by atoms with Gasteiger partial charge in [-0.05, 0) is 36.8 Å². The summed E-state index contributed by atoms with van der Waals surface area (Å²) in [7, 11) is -0.583. The van der Waals surface area contributed by atoms with Crippen molar-refractivity contribution in [1.29, 1.82) is 0 Å². The normalized spacial score (nSPS) is 14.1. The van der Waals surface area contributed by atoms with Crippen molar-refractivity contribution in [2.45, 2.75) is 13.0 Å². The fourth-order valence-corrected chi connectivity index (χ4v) is 4.78. The molecule has 1 unspecified atom stereocenters. The molecule has 1 aliphatic heterocycles. The van der Waals surface area contributed by atoms with Gasteiger partial charge in [0.05, 0.1) is 48.9 Å². The second-order valence-electron chi connectivity index (χ2n) is 7.82. The van der Waals surface area contributed by atoms with Gasteiger partial charge in [-0.2, -0.15) is 0 Å². The molecule has 0 bridgehead atoms. The average molecular weight is 489 g/mol. The number of nitrogens with one attached hydrogen (secondary N) is 1. The number of amides is 2. The van der Waals surface area contributed by atoms with Crippen molar-refractivity contribution in [2.75, 3.05) is 44.8 Å². The molecule has 0 saturated carbocycles. The summed E-state index contributed by atoms with van der Waals surface area (Å²) in [4.78, 5) is 27.9. The molecule has 2 aromatic rings. The summed E-state index contributed by atoms with van der Waals surface area (Å²) in [5.41, 5.74) is 1.66. The minimum absolute atomic E-state index is 0.154. The Hall–Kier alpha value is -3.37. The lowest BCUT2D eigenvalue weighted by atomic mass is 10.1. The molecule has 9 nitrogen and oxygen atoms in total. The van der Waals surface area contributed by atoms with Crippen LogP contribution in [0.3, 0.4) is 0 Å². The molecule has 0 fully saturated rings. The van der Waals surface area contributed by atoms with Crippen LogP contribution in [0.1, 0.15) is 39.2 Å². The Morgan fingerprint density at radius 3 is 2.47 bits per heavy atom. The first kappa shape index (κ1) is 25.3. The van der Waals surface area contributed by atoms with Crippen molar-refractivity contribution >= 4 is 27.3 Å². The summed E-state index contributed by atoms with van der Waals surface area (Å²) < 4.78 is 40.6. The Balaban J connectivity index is 2.09. The maximum absolute atomic E-state index is 13.6. The number of hydrogen-bond donors (Lipinski definition) is 1. The number of hydrogen-bond acceptors (Lipinski definition) is 8. The van der Waals surface area contributed by atoms with Crippen LogP contribution in [-0.2, 0) is 14.6 Å². The zero-order valence-corrected chi connectivity index (χ0v) is 20.4. The van der Waals surface area contributed by atoms with Crippen molar-refractivity contribution in [3.8, 4) is 11.5 Å². The minimum Gasteiger partial charge on any atom is -0.493 e. The zero-order chi connectivity index (χ0) is 25.0. The Bertz CT molecular complexity index is 1220. The van der Waals surface area contributed by atoms with E-state index in [0.29, 0.717) is 35.1 Å². The first-order chi connectivity index (χ1) is 16.1. The molecule has 182 valence electrons. The van der Waals surface area contributed by atoms with Crippen molar-refractivity contribution in [2.24, 2.45) is 0 Å². The van der Waals surface area contributed by atoms with E-state index in [4.69, 9.17) is 14.2 Å². The van der Waals surface area contributed by atoms with Gasteiger partial charge in [-0.25, -0.2) is 8.42 Å². The van der Waals surface area contributed by atoms with Crippen LogP contribution in [0.2, 0.25) is 0 Å². The average Bonchev–Trinajstić information content (AvgIpc) is 3.03. The van der Waals surface area contributed by atoms with E-state index in [1.54, 1.807) is 37.3 Å². The van der Waals surface area contributed by atoms with Crippen molar-refractivity contribution in [1.82, 2.24) is 4.90 Å². The molecule has 0 aromatic heterocycles. The molecule has 1 atom stereocenters. The molecular formula is C24H28N2O7S. The molecule has 0 aliphatic carbocycles. The van der Waals surface area contributed by atoms with Gasteiger partial charge in [0, 0.05) is 19.1 Å². The molecule has 3 rings (SSSR count). The second kappa shape index (κ2) is 10.3. The molecule has 1 heterocycles. The summed E-state index contributed by atoms with van der Waals surface area (Å²) in [6.45, 7) is 6.21. The van der Waals surface area contributed by atoms with Gasteiger partial charge in [-0.1, -0.05) is 18.7 Å². The Morgan fingerprint density at radius 1 is 1.12 bits per heavy atom. The molecule has 1 N–H and O–H groups in total. The number of carbonyl (C=O) groups excluding carboxylic acids is 2. The van der Waals surface area contributed by atoms with Crippen LogP contribution in [0.4, 0.5) is 5.69 Å². The molecule has 0 spiro atoms. The van der Waals surface area contributed by atoms with Gasteiger partial charge in [-0.15, -0.1) is 0 Å². The van der Waals surface area contributed by atoms with E-state index in [1.165, 1.54) is 20.3 Å². The summed E-state index contributed by atoms with van der Waals surface area (Å²) in [6, 6.07) is 8.61. The number of imide groups is 1. The summed E-state index contributed by atoms with van der Waals surface area (Å²) in [5, 5.41) is 3.01. The summed E-state index contributed by atoms with van der Waals surface area (Å²) in [5.74, 6) is -0.792. The molecular weight excluding hydrogens is 460 g/mol. The molecule has 10 heteroatoms. The number of nitrogens with zero attached hydrogens (tertiary/aromatic N) is 1. The van der Waals surface area contributed by atoms with Crippen LogP contribution < -0.4 is 14.8 Å². The number of sulfone groups is 1. The fourth-order valence-electron chi connectivity index (χ4n) is 3.87. The summed E-state index contributed by atoms with van der Waals surface area (Å²) >= 11 is 0. The standard InChI is InChI=1S/C24H28N2O7S/c1-6-33-21-12-16(10-11-20(21)32-4)19(14-34(5,29)30)26-23(27)17-8-7-9-18(22(17)24(26)28)25-15(2)13-31-3/h7-12,19,25H,2,6,13-14H2,1,3-5H3. The van der Waals surface area contributed by atoms with Gasteiger partial charge < -0.3 is 19.5 Å². The van der Waals surface area contributed by atoms with Crippen LogP contribution in [0.5, 0.6) is 11.5 Å². The van der Waals surface area contributed by atoms with Crippen LogP contribution in [0.15, 0.2) is 48.7 Å². The van der Waals surface area contributed by atoms with Crippen LogP contribution in [0, 0.1) is 0 Å². The van der Waals surface area contributed by atoms with Crippen molar-refractivity contribution < 1.29 is 32.2 Å². The van der Waals surface area contributed by atoms with E-state index < -0.39 is 33.4 Å². The third-order valence-electron chi connectivity index (χ3n) is 5.22. The number of ether oxygens (including phenoxy) is 3. The number of rotatable bonds is 11. The lowest BCUT2D eigenvalue weighted by Gasteiger charge is -2.27. The van der Waals surface area contributed by atoms with Gasteiger partial charge in [0.25, 0.3) is 11.8 Å². The Morgan fingerprint density at radius 2 is 1.85 bits per heavy atom. The fraction of sp³-hybridized carbons (Fsp3) is 0.333. The predicted molar refractivity (Wildman–Crippen MR) is 128 cm³/mol. The third-order valence-corrected chi connectivity index (χ3v) is 6.14. The smallest absolute Gasteiger partial charge is 0.264 e. The maximum atomic E-state index is 13.6. The summed E-state index contributed by atoms with van der Waals surface area (Å²) in [6.07, 6.45) is 1.06. The number of anilines is 1. The topological polar surface area (TPSA) is 111 Å². The number of methoxy groups -OCH3 is 2.